The van der Waals surface area contributed by atoms with Crippen LogP contribution in [0.5, 0.6) is 11.5 Å². The number of hydrogen-bond donors (Lipinski definition) is 2. The Morgan fingerprint density at radius 3 is 1.22 bits per heavy atom. The number of phenolic OH excluding ortho intramolecular Hbond substituents is 2. The molecule has 0 radical (unpaired) electrons. The molecule has 1 heterocycles. The number of benzene rings is 2. The van der Waals surface area contributed by atoms with Crippen molar-refractivity contribution < 1.29 is 32.8 Å². The first-order valence-electron chi connectivity index (χ1n) is 15.3. The van der Waals surface area contributed by atoms with Gasteiger partial charge in [-0.15, -0.1) is 0 Å². The van der Waals surface area contributed by atoms with E-state index in [1.165, 1.54) is 24.0 Å². The van der Waals surface area contributed by atoms with Crippen molar-refractivity contribution in [1.29, 1.82) is 0 Å². The third-order valence-electron chi connectivity index (χ3n) is 8.55. The van der Waals surface area contributed by atoms with Gasteiger partial charge in [-0.2, -0.15) is 0 Å². The van der Waals surface area contributed by atoms with Crippen molar-refractivity contribution in [3.8, 4) is 11.5 Å². The van der Waals surface area contributed by atoms with Crippen molar-refractivity contribution in [2.75, 3.05) is 0 Å². The van der Waals surface area contributed by atoms with E-state index in [2.05, 4.69) is 127 Å². The predicted molar refractivity (Wildman–Crippen MR) is 168 cm³/mol. The molecule has 1 aliphatic heterocycles. The maximum absolute atomic E-state index is 11.5. The molecule has 0 spiro atoms. The second-order valence-corrected chi connectivity index (χ2v) is 17.4. The van der Waals surface area contributed by atoms with Crippen LogP contribution in [0.2, 0.25) is 0 Å². The van der Waals surface area contributed by atoms with Crippen molar-refractivity contribution in [3.63, 3.8) is 0 Å². The summed E-state index contributed by atoms with van der Waals surface area (Å²) in [6.45, 7) is 26.4. The zero-order chi connectivity index (χ0) is 30.7. The van der Waals surface area contributed by atoms with E-state index >= 15 is 0 Å². The van der Waals surface area contributed by atoms with Gasteiger partial charge in [0.15, 0.2) is 0 Å². The SMILES string of the molecule is CC(C)(C)c1cc(C=[N+]2[Cu][N+](=Cc3cc(C(C)(C)C)cc(C(C)(C)C)c3O)[C@H]3CCCC[C@@H]32)c(O)c(C(C)(C)C)c1. The zero-order valence-electron chi connectivity index (χ0n) is 27.5. The average Bonchev–Trinajstić information content (AvgIpc) is 3.15. The summed E-state index contributed by atoms with van der Waals surface area (Å²) in [4.78, 5) is 0. The molecule has 0 unspecified atom stereocenters. The van der Waals surface area contributed by atoms with Crippen molar-refractivity contribution in [1.82, 2.24) is 0 Å². The normalized spacial score (nSPS) is 22.6. The van der Waals surface area contributed by atoms with Gasteiger partial charge in [0, 0.05) is 0 Å². The molecule has 0 aromatic heterocycles. The van der Waals surface area contributed by atoms with Gasteiger partial charge in [-0.3, -0.25) is 0 Å². The Balaban J connectivity index is 1.87. The predicted octanol–water partition coefficient (Wildman–Crippen LogP) is 8.09. The summed E-state index contributed by atoms with van der Waals surface area (Å²) in [5.41, 5.74) is 5.81. The van der Waals surface area contributed by atoms with E-state index in [0.717, 1.165) is 35.1 Å². The van der Waals surface area contributed by atoms with Gasteiger partial charge < -0.3 is 0 Å². The molecule has 0 bridgehead atoms. The Kier molecular flexibility index (Phi) is 8.44. The van der Waals surface area contributed by atoms with Gasteiger partial charge in [0.1, 0.15) is 0 Å². The Labute approximate surface area is 256 Å². The fourth-order valence-corrected chi connectivity index (χ4v) is 7.25. The number of hydrogen-bond acceptors (Lipinski definition) is 2. The standard InChI is InChI=1S/C36H54N2O2.Cu/c1-33(2,3)25-17-23(31(39)27(19-25)35(7,8)9)21-37-29-15-13-14-16-30(29)38-22-24-18-26(34(4,5)6)20-28(32(24)40)36(10,11)12;/h17-22,29-30,39-40H,13-16H2,1-12H3;/q;+2/t29-,30-;/m0./s1. The molecule has 2 aliphatic rings. The first kappa shape index (κ1) is 31.8. The minimum absolute atomic E-state index is 0.0267. The molecule has 2 fully saturated rings. The fourth-order valence-electron chi connectivity index (χ4n) is 5.78. The van der Waals surface area contributed by atoms with E-state index in [4.69, 9.17) is 0 Å². The van der Waals surface area contributed by atoms with Gasteiger partial charge in [0.2, 0.25) is 0 Å². The molecule has 5 heteroatoms. The molecular formula is C36H54CuN2O2+2. The second-order valence-electron chi connectivity index (χ2n) is 16.3. The van der Waals surface area contributed by atoms with Crippen molar-refractivity contribution in [2.45, 2.75) is 143 Å². The summed E-state index contributed by atoms with van der Waals surface area (Å²) in [5.74, 6) is 0.758. The van der Waals surface area contributed by atoms with Crippen LogP contribution < -0.4 is 0 Å². The molecule has 4 nitrogen and oxygen atoms in total. The van der Waals surface area contributed by atoms with Crippen molar-refractivity contribution >= 4 is 12.4 Å². The summed E-state index contributed by atoms with van der Waals surface area (Å²) in [5, 5.41) is 23.0. The van der Waals surface area contributed by atoms with E-state index in [-0.39, 0.29) is 21.7 Å². The van der Waals surface area contributed by atoms with Crippen LogP contribution in [0.3, 0.4) is 0 Å². The number of nitrogens with zero attached hydrogens (tertiary/aromatic N) is 2. The summed E-state index contributed by atoms with van der Waals surface area (Å²) in [7, 11) is 0. The first-order chi connectivity index (χ1) is 18.7. The van der Waals surface area contributed by atoms with E-state index in [1.807, 2.05) is 15.4 Å². The monoisotopic (exact) mass is 609 g/mol. The van der Waals surface area contributed by atoms with E-state index in [1.54, 1.807) is 0 Å². The summed E-state index contributed by atoms with van der Waals surface area (Å²) >= 11 is 1.83. The van der Waals surface area contributed by atoms with Crippen LogP contribution in [-0.2, 0) is 37.1 Å². The van der Waals surface area contributed by atoms with Gasteiger partial charge in [0.25, 0.3) is 0 Å². The summed E-state index contributed by atoms with van der Waals surface area (Å²) in [6.07, 6.45) is 8.98. The minimum atomic E-state index is -0.168. The molecule has 0 amide bonds. The molecule has 2 aromatic rings. The van der Waals surface area contributed by atoms with Gasteiger partial charge in [-0.05, 0) is 0 Å². The molecule has 4 rings (SSSR count). The van der Waals surface area contributed by atoms with Gasteiger partial charge in [0.05, 0.1) is 0 Å². The molecule has 229 valence electrons. The third-order valence-corrected chi connectivity index (χ3v) is 9.85. The van der Waals surface area contributed by atoms with Crippen LogP contribution in [0.4, 0.5) is 0 Å². The maximum atomic E-state index is 11.5. The Morgan fingerprint density at radius 2 is 0.927 bits per heavy atom. The van der Waals surface area contributed by atoms with Gasteiger partial charge in [-0.1, -0.05) is 0 Å². The van der Waals surface area contributed by atoms with Gasteiger partial charge >= 0.3 is 257 Å². The summed E-state index contributed by atoms with van der Waals surface area (Å²) in [6, 6.07) is 9.38. The van der Waals surface area contributed by atoms with E-state index in [9.17, 15) is 10.2 Å². The zero-order valence-corrected chi connectivity index (χ0v) is 28.5. The average molecular weight is 610 g/mol. The number of aromatic hydroxyl groups is 2. The molecule has 2 atom stereocenters. The number of phenols is 2. The van der Waals surface area contributed by atoms with E-state index < -0.39 is 0 Å². The van der Waals surface area contributed by atoms with Crippen LogP contribution in [0.15, 0.2) is 24.3 Å². The van der Waals surface area contributed by atoms with Crippen LogP contribution in [-0.4, -0.2) is 41.9 Å². The number of fused-ring (bicyclic) bond motifs is 1. The van der Waals surface area contributed by atoms with Crippen LogP contribution >= 0.6 is 0 Å². The molecule has 1 aliphatic carbocycles. The van der Waals surface area contributed by atoms with Crippen LogP contribution in [0.1, 0.15) is 142 Å². The van der Waals surface area contributed by atoms with E-state index in [0.29, 0.717) is 23.6 Å². The number of rotatable bonds is 2. The quantitative estimate of drug-likeness (QED) is 0.338. The Hall–Kier alpha value is -2.10. The Bertz CT molecular complexity index is 1270. The molecule has 2 N–H and O–H groups in total. The first-order valence-corrected chi connectivity index (χ1v) is 16.1. The molecule has 2 aromatic carbocycles. The van der Waals surface area contributed by atoms with Crippen LogP contribution in [0.25, 0.3) is 0 Å². The topological polar surface area (TPSA) is 46.5 Å². The van der Waals surface area contributed by atoms with Gasteiger partial charge in [-0.25, -0.2) is 0 Å². The molecule has 1 saturated carbocycles. The van der Waals surface area contributed by atoms with Crippen molar-refractivity contribution in [3.05, 3.63) is 57.6 Å². The molecule has 41 heavy (non-hydrogen) atoms. The molecular weight excluding hydrogens is 556 g/mol. The van der Waals surface area contributed by atoms with Crippen molar-refractivity contribution in [2.24, 2.45) is 0 Å². The van der Waals surface area contributed by atoms with Crippen LogP contribution in [0, 0.1) is 0 Å². The summed E-state index contributed by atoms with van der Waals surface area (Å²) < 4.78 is 4.71. The third kappa shape index (κ3) is 6.78. The molecule has 1 saturated heterocycles. The Morgan fingerprint density at radius 1 is 0.585 bits per heavy atom. The second kappa shape index (κ2) is 10.9. The fraction of sp³-hybridized carbons (Fsp3) is 0.611.